The summed E-state index contributed by atoms with van der Waals surface area (Å²) in [5.41, 5.74) is 3.43. The maximum atomic E-state index is 9.38. The molecule has 2 aromatic heterocycles. The number of hydrogen-bond donors (Lipinski definition) is 1. The van der Waals surface area contributed by atoms with Gasteiger partial charge in [-0.15, -0.1) is 0 Å². The highest BCUT2D eigenvalue weighted by Crippen LogP contribution is 2.30. The summed E-state index contributed by atoms with van der Waals surface area (Å²) in [5, 5.41) is 9.38. The standard InChI is InChI=1S/C16H12N2O/c19-14-7-5-12(6-8-14)16-15(4-2-10-18-16)13-3-1-9-17-11-13/h1-11,19H/i10D. The van der Waals surface area contributed by atoms with E-state index in [4.69, 9.17) is 1.37 Å². The van der Waals surface area contributed by atoms with Crippen LogP contribution in [0.3, 0.4) is 0 Å². The molecule has 0 spiro atoms. The first-order valence-corrected chi connectivity index (χ1v) is 5.91. The van der Waals surface area contributed by atoms with E-state index in [1.54, 1.807) is 42.7 Å². The molecule has 0 aliphatic carbocycles. The second kappa shape index (κ2) is 4.90. The zero-order valence-corrected chi connectivity index (χ0v) is 10.1. The summed E-state index contributed by atoms with van der Waals surface area (Å²) in [6, 6.07) is 14.2. The summed E-state index contributed by atoms with van der Waals surface area (Å²) < 4.78 is 7.71. The molecule has 0 bridgehead atoms. The molecule has 0 saturated carbocycles. The van der Waals surface area contributed by atoms with Gasteiger partial charge in [-0.2, -0.15) is 0 Å². The average molecular weight is 249 g/mol. The lowest BCUT2D eigenvalue weighted by Gasteiger charge is -2.08. The normalized spacial score (nSPS) is 11.1. The molecule has 3 rings (SSSR count). The first-order chi connectivity index (χ1) is 9.74. The van der Waals surface area contributed by atoms with Crippen molar-refractivity contribution >= 4 is 0 Å². The van der Waals surface area contributed by atoms with Crippen molar-refractivity contribution in [2.24, 2.45) is 0 Å². The molecule has 0 saturated heterocycles. The van der Waals surface area contributed by atoms with Crippen LogP contribution >= 0.6 is 0 Å². The van der Waals surface area contributed by atoms with Gasteiger partial charge < -0.3 is 5.11 Å². The van der Waals surface area contributed by atoms with Crippen molar-refractivity contribution in [1.82, 2.24) is 9.97 Å². The number of rotatable bonds is 2. The van der Waals surface area contributed by atoms with Gasteiger partial charge in [-0.3, -0.25) is 9.97 Å². The lowest BCUT2D eigenvalue weighted by Crippen LogP contribution is -1.88. The predicted molar refractivity (Wildman–Crippen MR) is 74.6 cm³/mol. The number of aromatic hydroxyl groups is 1. The molecule has 0 atom stereocenters. The van der Waals surface area contributed by atoms with Gasteiger partial charge in [-0.05, 0) is 36.4 Å². The molecule has 0 amide bonds. The predicted octanol–water partition coefficient (Wildman–Crippen LogP) is 3.52. The summed E-state index contributed by atoms with van der Waals surface area (Å²) in [7, 11) is 0. The van der Waals surface area contributed by atoms with Crippen LogP contribution in [0.4, 0.5) is 0 Å². The van der Waals surface area contributed by atoms with Crippen molar-refractivity contribution < 1.29 is 6.48 Å². The van der Waals surface area contributed by atoms with E-state index in [1.807, 2.05) is 18.2 Å². The van der Waals surface area contributed by atoms with Crippen LogP contribution in [-0.4, -0.2) is 15.1 Å². The van der Waals surface area contributed by atoms with Gasteiger partial charge in [0.25, 0.3) is 0 Å². The third kappa shape index (κ3) is 2.31. The van der Waals surface area contributed by atoms with Crippen LogP contribution in [0.15, 0.2) is 67.1 Å². The first-order valence-electron chi connectivity index (χ1n) is 6.41. The van der Waals surface area contributed by atoms with E-state index in [2.05, 4.69) is 9.97 Å². The SMILES string of the molecule is [2H]c1ccc(-c2cccnc2)c(-c2ccc(O)cc2)n1. The lowest BCUT2D eigenvalue weighted by atomic mass is 10.0. The van der Waals surface area contributed by atoms with Gasteiger partial charge in [-0.1, -0.05) is 12.1 Å². The van der Waals surface area contributed by atoms with E-state index in [1.165, 1.54) is 0 Å². The van der Waals surface area contributed by atoms with Crippen LogP contribution in [-0.2, 0) is 0 Å². The second-order valence-electron chi connectivity index (χ2n) is 4.13. The van der Waals surface area contributed by atoms with Gasteiger partial charge in [0.2, 0.25) is 0 Å². The molecule has 0 fully saturated rings. The van der Waals surface area contributed by atoms with Gasteiger partial charge in [-0.25, -0.2) is 0 Å². The summed E-state index contributed by atoms with van der Waals surface area (Å²) in [5.74, 6) is 0.207. The summed E-state index contributed by atoms with van der Waals surface area (Å²) in [4.78, 5) is 8.42. The van der Waals surface area contributed by atoms with E-state index < -0.39 is 0 Å². The Morgan fingerprint density at radius 2 is 1.79 bits per heavy atom. The molecule has 1 aromatic carbocycles. The minimum absolute atomic E-state index is 0.207. The second-order valence-corrected chi connectivity index (χ2v) is 4.13. The third-order valence-electron chi connectivity index (χ3n) is 2.87. The van der Waals surface area contributed by atoms with Crippen molar-refractivity contribution in [3.05, 3.63) is 67.1 Å². The van der Waals surface area contributed by atoms with Crippen LogP contribution in [0.5, 0.6) is 5.75 Å². The molecule has 3 aromatic rings. The fraction of sp³-hybridized carbons (Fsp3) is 0. The van der Waals surface area contributed by atoms with Gasteiger partial charge >= 0.3 is 0 Å². The lowest BCUT2D eigenvalue weighted by molar-refractivity contribution is 0.475. The molecular weight excluding hydrogens is 236 g/mol. The van der Waals surface area contributed by atoms with Crippen LogP contribution < -0.4 is 0 Å². The van der Waals surface area contributed by atoms with Crippen molar-refractivity contribution in [2.75, 3.05) is 0 Å². The molecule has 0 aliphatic heterocycles. The Hall–Kier alpha value is -2.68. The fourth-order valence-corrected chi connectivity index (χ4v) is 1.96. The third-order valence-corrected chi connectivity index (χ3v) is 2.87. The number of phenolic OH excluding ortho intramolecular Hbond substituents is 1. The molecule has 2 heterocycles. The number of nitrogens with zero attached hydrogens (tertiary/aromatic N) is 2. The minimum atomic E-state index is 0.207. The highest BCUT2D eigenvalue weighted by atomic mass is 16.3. The Kier molecular flexibility index (Phi) is 2.65. The zero-order valence-electron chi connectivity index (χ0n) is 11.1. The number of benzene rings is 1. The number of aromatic nitrogens is 2. The highest BCUT2D eigenvalue weighted by Gasteiger charge is 2.08. The fourth-order valence-electron chi connectivity index (χ4n) is 1.96. The molecule has 0 unspecified atom stereocenters. The zero-order chi connectivity index (χ0) is 13.9. The maximum Gasteiger partial charge on any atom is 0.115 e. The first kappa shape index (κ1) is 10.3. The Morgan fingerprint density at radius 3 is 2.53 bits per heavy atom. The number of hydrogen-bond acceptors (Lipinski definition) is 3. The Bertz CT molecular complexity index is 727. The summed E-state index contributed by atoms with van der Waals surface area (Å²) in [6.07, 6.45) is 3.70. The molecule has 19 heavy (non-hydrogen) atoms. The van der Waals surface area contributed by atoms with Crippen molar-refractivity contribution in [3.8, 4) is 28.1 Å². The quantitative estimate of drug-likeness (QED) is 0.755. The molecule has 1 N–H and O–H groups in total. The van der Waals surface area contributed by atoms with Crippen LogP contribution in [0, 0.1) is 0 Å². The van der Waals surface area contributed by atoms with E-state index >= 15 is 0 Å². The Balaban J connectivity index is 2.19. The molecule has 3 nitrogen and oxygen atoms in total. The van der Waals surface area contributed by atoms with Gasteiger partial charge in [0.15, 0.2) is 0 Å². The summed E-state index contributed by atoms with van der Waals surface area (Å²) in [6.45, 7) is 0. The number of phenols is 1. The van der Waals surface area contributed by atoms with Crippen molar-refractivity contribution in [1.29, 1.82) is 0 Å². The van der Waals surface area contributed by atoms with E-state index in [0.717, 1.165) is 16.7 Å². The smallest absolute Gasteiger partial charge is 0.115 e. The largest absolute Gasteiger partial charge is 0.508 e. The van der Waals surface area contributed by atoms with Crippen molar-refractivity contribution in [2.45, 2.75) is 0 Å². The van der Waals surface area contributed by atoms with E-state index in [-0.39, 0.29) is 11.9 Å². The van der Waals surface area contributed by atoms with Crippen LogP contribution in [0.1, 0.15) is 1.37 Å². The molecular formula is C16H12N2O. The molecule has 3 heteroatoms. The highest BCUT2D eigenvalue weighted by molar-refractivity contribution is 5.80. The maximum absolute atomic E-state index is 9.38. The monoisotopic (exact) mass is 249 g/mol. The van der Waals surface area contributed by atoms with Gasteiger partial charge in [0.05, 0.1) is 7.06 Å². The number of pyridine rings is 2. The van der Waals surface area contributed by atoms with Gasteiger partial charge in [0, 0.05) is 35.3 Å². The van der Waals surface area contributed by atoms with Crippen LogP contribution in [0.2, 0.25) is 0 Å². The summed E-state index contributed by atoms with van der Waals surface area (Å²) >= 11 is 0. The van der Waals surface area contributed by atoms with E-state index in [0.29, 0.717) is 5.69 Å². The van der Waals surface area contributed by atoms with Crippen LogP contribution in [0.25, 0.3) is 22.4 Å². The topological polar surface area (TPSA) is 46.0 Å². The molecule has 0 aliphatic rings. The molecule has 92 valence electrons. The van der Waals surface area contributed by atoms with Crippen molar-refractivity contribution in [3.63, 3.8) is 0 Å². The Morgan fingerprint density at radius 1 is 0.947 bits per heavy atom. The van der Waals surface area contributed by atoms with E-state index in [9.17, 15) is 5.11 Å². The minimum Gasteiger partial charge on any atom is -0.508 e. The van der Waals surface area contributed by atoms with Gasteiger partial charge in [0.1, 0.15) is 5.75 Å². The molecule has 0 radical (unpaired) electrons. The average Bonchev–Trinajstić information content (AvgIpc) is 2.49. The Labute approximate surface area is 112 Å².